The number of hydrogen-bond donors (Lipinski definition) is 2. The lowest BCUT2D eigenvalue weighted by Crippen LogP contribution is -2.38. The van der Waals surface area contributed by atoms with Crippen molar-refractivity contribution in [1.82, 2.24) is 15.3 Å². The first-order chi connectivity index (χ1) is 10.2. The molecule has 5 heteroatoms. The minimum atomic E-state index is 0.111. The summed E-state index contributed by atoms with van der Waals surface area (Å²) in [4.78, 5) is 19.7. The van der Waals surface area contributed by atoms with E-state index in [1.54, 1.807) is 0 Å². The van der Waals surface area contributed by atoms with E-state index in [2.05, 4.69) is 22.2 Å². The Labute approximate surface area is 129 Å². The van der Waals surface area contributed by atoms with Crippen LogP contribution < -0.4 is 5.32 Å². The Balaban J connectivity index is 1.49. The number of imidazole rings is 1. The van der Waals surface area contributed by atoms with Crippen LogP contribution in [0.3, 0.4) is 0 Å². The quantitative estimate of drug-likeness (QED) is 0.852. The van der Waals surface area contributed by atoms with Crippen molar-refractivity contribution in [2.24, 2.45) is 5.92 Å². The molecule has 0 unspecified atom stereocenters. The Morgan fingerprint density at radius 2 is 2.10 bits per heavy atom. The maximum Gasteiger partial charge on any atom is 0.230 e. The first-order valence-electron chi connectivity index (χ1n) is 7.57. The molecule has 1 heterocycles. The van der Waals surface area contributed by atoms with Gasteiger partial charge in [-0.1, -0.05) is 30.8 Å². The van der Waals surface area contributed by atoms with Gasteiger partial charge in [0, 0.05) is 6.04 Å². The highest BCUT2D eigenvalue weighted by molar-refractivity contribution is 7.99. The molecule has 0 atom stereocenters. The Bertz CT molecular complexity index is 584. The molecule has 112 valence electrons. The lowest BCUT2D eigenvalue weighted by Gasteiger charge is -2.26. The number of aromatic amines is 1. The molecule has 0 aliphatic heterocycles. The van der Waals surface area contributed by atoms with Crippen molar-refractivity contribution in [2.75, 3.05) is 5.75 Å². The minimum Gasteiger partial charge on any atom is -0.353 e. The van der Waals surface area contributed by atoms with E-state index in [-0.39, 0.29) is 5.91 Å². The second-order valence-electron chi connectivity index (χ2n) is 5.87. The predicted octanol–water partition coefficient (Wildman–Crippen LogP) is 3.35. The van der Waals surface area contributed by atoms with E-state index >= 15 is 0 Å². The fourth-order valence-electron chi connectivity index (χ4n) is 2.81. The molecule has 4 nitrogen and oxygen atoms in total. The van der Waals surface area contributed by atoms with Crippen molar-refractivity contribution in [1.29, 1.82) is 0 Å². The minimum absolute atomic E-state index is 0.111. The molecule has 1 fully saturated rings. The summed E-state index contributed by atoms with van der Waals surface area (Å²) >= 11 is 1.46. The van der Waals surface area contributed by atoms with E-state index < -0.39 is 0 Å². The van der Waals surface area contributed by atoms with Crippen molar-refractivity contribution in [3.8, 4) is 0 Å². The van der Waals surface area contributed by atoms with Gasteiger partial charge in [0.25, 0.3) is 0 Å². The number of amides is 1. The summed E-state index contributed by atoms with van der Waals surface area (Å²) in [6.07, 6.45) is 4.67. The maximum atomic E-state index is 12.0. The van der Waals surface area contributed by atoms with Crippen LogP contribution >= 0.6 is 11.8 Å². The number of nitrogens with one attached hydrogen (secondary N) is 2. The molecular weight excluding hydrogens is 282 g/mol. The van der Waals surface area contributed by atoms with Crippen molar-refractivity contribution in [3.63, 3.8) is 0 Å². The van der Waals surface area contributed by atoms with Gasteiger partial charge < -0.3 is 10.3 Å². The Hall–Kier alpha value is -1.49. The number of hydrogen-bond acceptors (Lipinski definition) is 3. The number of benzene rings is 1. The Morgan fingerprint density at radius 1 is 1.33 bits per heavy atom. The van der Waals surface area contributed by atoms with Crippen molar-refractivity contribution < 1.29 is 4.79 Å². The van der Waals surface area contributed by atoms with Gasteiger partial charge in [-0.3, -0.25) is 4.79 Å². The van der Waals surface area contributed by atoms with Crippen LogP contribution in [0.2, 0.25) is 0 Å². The molecule has 0 saturated heterocycles. The van der Waals surface area contributed by atoms with E-state index in [1.807, 2.05) is 24.3 Å². The molecule has 0 bridgehead atoms. The van der Waals surface area contributed by atoms with Crippen LogP contribution in [0.15, 0.2) is 29.4 Å². The third-order valence-corrected chi connectivity index (χ3v) is 4.96. The fourth-order valence-corrected chi connectivity index (χ4v) is 3.50. The number of carbonyl (C=O) groups is 1. The largest absolute Gasteiger partial charge is 0.353 e. The Morgan fingerprint density at radius 3 is 2.86 bits per heavy atom. The van der Waals surface area contributed by atoms with Crippen LogP contribution in [0, 0.1) is 5.92 Å². The summed E-state index contributed by atoms with van der Waals surface area (Å²) in [5.41, 5.74) is 1.96. The predicted molar refractivity (Wildman–Crippen MR) is 86.4 cm³/mol. The number of thioether (sulfide) groups is 1. The van der Waals surface area contributed by atoms with Crippen LogP contribution in [0.4, 0.5) is 0 Å². The van der Waals surface area contributed by atoms with Gasteiger partial charge in [-0.15, -0.1) is 0 Å². The lowest BCUT2D eigenvalue weighted by molar-refractivity contribution is -0.119. The molecular formula is C16H21N3OS. The van der Waals surface area contributed by atoms with E-state index in [0.29, 0.717) is 11.8 Å². The summed E-state index contributed by atoms with van der Waals surface area (Å²) in [5.74, 6) is 1.34. The number of para-hydroxylation sites is 2. The molecule has 21 heavy (non-hydrogen) atoms. The van der Waals surface area contributed by atoms with Gasteiger partial charge in [0.05, 0.1) is 16.8 Å². The number of H-pyrrole nitrogens is 1. The molecule has 1 aromatic carbocycles. The van der Waals surface area contributed by atoms with E-state index in [9.17, 15) is 4.79 Å². The molecule has 0 spiro atoms. The fraction of sp³-hybridized carbons (Fsp3) is 0.500. The van der Waals surface area contributed by atoms with Gasteiger partial charge in [0.2, 0.25) is 5.91 Å². The summed E-state index contributed by atoms with van der Waals surface area (Å²) < 4.78 is 0. The zero-order valence-electron chi connectivity index (χ0n) is 12.3. The normalized spacial score (nSPS) is 22.3. The SMILES string of the molecule is CC1CCC(NC(=O)CSc2nc3ccccc3[nH]2)CC1. The van der Waals surface area contributed by atoms with Crippen LogP contribution in [-0.2, 0) is 4.79 Å². The molecule has 1 aliphatic rings. The summed E-state index contributed by atoms with van der Waals surface area (Å²) in [6.45, 7) is 2.29. The molecule has 2 aromatic rings. The number of fused-ring (bicyclic) bond motifs is 1. The van der Waals surface area contributed by atoms with Gasteiger partial charge in [0.1, 0.15) is 0 Å². The van der Waals surface area contributed by atoms with Crippen LogP contribution in [0.5, 0.6) is 0 Å². The number of rotatable bonds is 4. The zero-order valence-corrected chi connectivity index (χ0v) is 13.1. The van der Waals surface area contributed by atoms with Gasteiger partial charge >= 0.3 is 0 Å². The monoisotopic (exact) mass is 303 g/mol. The number of aromatic nitrogens is 2. The highest BCUT2D eigenvalue weighted by Crippen LogP contribution is 2.24. The second-order valence-corrected chi connectivity index (χ2v) is 6.84. The number of nitrogens with zero attached hydrogens (tertiary/aromatic N) is 1. The second kappa shape index (κ2) is 6.52. The van der Waals surface area contributed by atoms with E-state index in [0.717, 1.165) is 34.9 Å². The molecule has 1 amide bonds. The molecule has 0 radical (unpaired) electrons. The van der Waals surface area contributed by atoms with Crippen LogP contribution in [0.25, 0.3) is 11.0 Å². The standard InChI is InChI=1S/C16H21N3OS/c1-11-6-8-12(9-7-11)17-15(20)10-21-16-18-13-4-2-3-5-14(13)19-16/h2-5,11-12H,6-10H2,1H3,(H,17,20)(H,18,19). The summed E-state index contributed by atoms with van der Waals surface area (Å²) in [7, 11) is 0. The molecule has 2 N–H and O–H groups in total. The average molecular weight is 303 g/mol. The van der Waals surface area contributed by atoms with Gasteiger partial charge in [-0.05, 0) is 43.7 Å². The lowest BCUT2D eigenvalue weighted by atomic mass is 9.87. The van der Waals surface area contributed by atoms with E-state index in [4.69, 9.17) is 0 Å². The van der Waals surface area contributed by atoms with Crippen LogP contribution in [-0.4, -0.2) is 27.7 Å². The first-order valence-corrected chi connectivity index (χ1v) is 8.56. The highest BCUT2D eigenvalue weighted by Gasteiger charge is 2.19. The molecule has 3 rings (SSSR count). The van der Waals surface area contributed by atoms with Crippen molar-refractivity contribution >= 4 is 28.7 Å². The Kier molecular flexibility index (Phi) is 4.48. The van der Waals surface area contributed by atoms with Crippen LogP contribution in [0.1, 0.15) is 32.6 Å². The van der Waals surface area contributed by atoms with Crippen molar-refractivity contribution in [3.05, 3.63) is 24.3 Å². The van der Waals surface area contributed by atoms with Gasteiger partial charge in [-0.2, -0.15) is 0 Å². The first kappa shape index (κ1) is 14.4. The molecule has 1 aliphatic carbocycles. The van der Waals surface area contributed by atoms with Gasteiger partial charge in [0.15, 0.2) is 5.16 Å². The summed E-state index contributed by atoms with van der Waals surface area (Å²) in [6, 6.07) is 8.28. The maximum absolute atomic E-state index is 12.0. The third-order valence-electron chi connectivity index (χ3n) is 4.09. The highest BCUT2D eigenvalue weighted by atomic mass is 32.2. The smallest absolute Gasteiger partial charge is 0.230 e. The average Bonchev–Trinajstić information content (AvgIpc) is 2.90. The third kappa shape index (κ3) is 3.79. The van der Waals surface area contributed by atoms with Crippen molar-refractivity contribution in [2.45, 2.75) is 43.8 Å². The topological polar surface area (TPSA) is 57.8 Å². The van der Waals surface area contributed by atoms with Gasteiger partial charge in [-0.25, -0.2) is 4.98 Å². The number of carbonyl (C=O) groups excluding carboxylic acids is 1. The summed E-state index contributed by atoms with van der Waals surface area (Å²) in [5, 5.41) is 3.95. The molecule has 1 aromatic heterocycles. The van der Waals surface area contributed by atoms with E-state index in [1.165, 1.54) is 24.6 Å². The molecule has 1 saturated carbocycles. The zero-order chi connectivity index (χ0) is 14.7.